The van der Waals surface area contributed by atoms with Crippen LogP contribution in [0.15, 0.2) is 84.9 Å². The maximum Gasteiger partial charge on any atom is 0.281 e. The van der Waals surface area contributed by atoms with Crippen molar-refractivity contribution in [1.29, 1.82) is 0 Å². The molecule has 4 aromatic rings. The van der Waals surface area contributed by atoms with E-state index in [-0.39, 0.29) is 23.1 Å². The number of hydrogen-bond donors (Lipinski definition) is 0. The highest BCUT2D eigenvalue weighted by Gasteiger charge is 2.43. The largest absolute Gasteiger partial charge is 0.318 e. The smallest absolute Gasteiger partial charge is 0.281 e. The number of aromatic nitrogens is 2. The molecule has 0 radical (unpaired) electrons. The molecule has 0 fully saturated rings. The summed E-state index contributed by atoms with van der Waals surface area (Å²) < 4.78 is 41.7. The van der Waals surface area contributed by atoms with Crippen molar-refractivity contribution >= 4 is 47.3 Å². The molecule has 8 heteroatoms. The molecule has 0 amide bonds. The average molecular weight is 494 g/mol. The van der Waals surface area contributed by atoms with Crippen molar-refractivity contribution in [2.24, 2.45) is 0 Å². The van der Waals surface area contributed by atoms with Gasteiger partial charge in [-0.05, 0) is 64.1 Å². The van der Waals surface area contributed by atoms with Crippen LogP contribution >= 0.6 is 14.7 Å². The van der Waals surface area contributed by atoms with E-state index >= 15 is 0 Å². The monoisotopic (exact) mass is 494 g/mol. The van der Waals surface area contributed by atoms with Crippen molar-refractivity contribution in [3.05, 3.63) is 84.9 Å². The van der Waals surface area contributed by atoms with E-state index in [1.54, 1.807) is 60.7 Å². The minimum Gasteiger partial charge on any atom is -0.318 e. The van der Waals surface area contributed by atoms with E-state index in [4.69, 9.17) is 19.0 Å². The van der Waals surface area contributed by atoms with Gasteiger partial charge >= 0.3 is 0 Å². The third-order valence-electron chi connectivity index (χ3n) is 5.00. The Morgan fingerprint density at radius 2 is 0.882 bits per heavy atom. The zero-order chi connectivity index (χ0) is 24.3. The van der Waals surface area contributed by atoms with E-state index in [2.05, 4.69) is 0 Å². The molecule has 0 saturated heterocycles. The molecular formula is C26H28N2O4P2. The van der Waals surface area contributed by atoms with Crippen LogP contribution in [0.5, 0.6) is 0 Å². The highest BCUT2D eigenvalue weighted by molar-refractivity contribution is 7.80. The summed E-state index contributed by atoms with van der Waals surface area (Å²) in [5, 5.41) is 0.914. The first-order chi connectivity index (χ1) is 16.2. The van der Waals surface area contributed by atoms with Gasteiger partial charge in [0.2, 0.25) is 0 Å². The van der Waals surface area contributed by atoms with Gasteiger partial charge in [0.25, 0.3) is 14.7 Å². The van der Waals surface area contributed by atoms with Crippen molar-refractivity contribution in [3.8, 4) is 0 Å². The lowest BCUT2D eigenvalue weighted by Crippen LogP contribution is -2.39. The third kappa shape index (κ3) is 4.78. The van der Waals surface area contributed by atoms with Gasteiger partial charge in [-0.3, -0.25) is 9.13 Å². The summed E-state index contributed by atoms with van der Waals surface area (Å²) in [6.45, 7) is 7.24. The van der Waals surface area contributed by atoms with Crippen LogP contribution in [0.3, 0.4) is 0 Å². The number of hydrogen-bond acceptors (Lipinski definition) is 6. The molecule has 1 heterocycles. The van der Waals surface area contributed by atoms with Gasteiger partial charge in [-0.2, -0.15) is 0 Å². The van der Waals surface area contributed by atoms with Crippen molar-refractivity contribution < 1.29 is 18.2 Å². The normalized spacial score (nSPS) is 15.4. The van der Waals surface area contributed by atoms with Crippen LogP contribution in [-0.2, 0) is 18.2 Å². The van der Waals surface area contributed by atoms with E-state index in [9.17, 15) is 9.13 Å². The Hall–Kier alpha value is -2.62. The predicted octanol–water partition coefficient (Wildman–Crippen LogP) is 4.94. The highest BCUT2D eigenvalue weighted by Crippen LogP contribution is 2.51. The quantitative estimate of drug-likeness (QED) is 0.323. The molecule has 0 saturated carbocycles. The summed E-state index contributed by atoms with van der Waals surface area (Å²) in [4.78, 5) is 9.55. The van der Waals surface area contributed by atoms with Crippen molar-refractivity contribution in [3.63, 3.8) is 0 Å². The lowest BCUT2D eigenvalue weighted by molar-refractivity contribution is 0.251. The Bertz CT molecular complexity index is 1270. The van der Waals surface area contributed by atoms with Crippen molar-refractivity contribution in [1.82, 2.24) is 9.97 Å². The zero-order valence-electron chi connectivity index (χ0n) is 19.7. The summed E-state index contributed by atoms with van der Waals surface area (Å²) >= 11 is 0. The van der Waals surface area contributed by atoms with Gasteiger partial charge in [-0.15, -0.1) is 0 Å². The fourth-order valence-electron chi connectivity index (χ4n) is 3.68. The molecule has 0 bridgehead atoms. The molecule has 2 unspecified atom stereocenters. The lowest BCUT2D eigenvalue weighted by Gasteiger charge is -2.27. The molecule has 34 heavy (non-hydrogen) atoms. The van der Waals surface area contributed by atoms with Crippen LogP contribution in [0.1, 0.15) is 27.7 Å². The first kappa shape index (κ1) is 24.5. The lowest BCUT2D eigenvalue weighted by atomic mass is 10.3. The fraction of sp³-hybridized carbons (Fsp3) is 0.231. The molecule has 3 aromatic carbocycles. The Labute approximate surface area is 200 Å². The SMILES string of the molecule is CC(C)OP(=O)(c1ccccc1)c1nc2ccccc2nc1P(=O)(OC(C)C)c1ccccc1. The summed E-state index contributed by atoms with van der Waals surface area (Å²) in [7, 11) is -7.62. The minimum absolute atomic E-state index is 0.0546. The van der Waals surface area contributed by atoms with Crippen LogP contribution in [-0.4, -0.2) is 22.2 Å². The molecule has 0 N–H and O–H groups in total. The molecule has 176 valence electrons. The maximum atomic E-state index is 14.8. The standard InChI is InChI=1S/C26H28N2O4P2/c1-19(2)31-33(29,21-13-7-5-8-14-21)25-26(28-24-18-12-11-17-23(24)27-25)34(30,32-20(3)4)22-15-9-6-10-16-22/h5-20H,1-4H3. The Morgan fingerprint density at radius 1 is 0.559 bits per heavy atom. The molecule has 0 aliphatic carbocycles. The van der Waals surface area contributed by atoms with Gasteiger partial charge in [0.15, 0.2) is 10.9 Å². The molecule has 1 aromatic heterocycles. The van der Waals surface area contributed by atoms with Gasteiger partial charge < -0.3 is 9.05 Å². The van der Waals surface area contributed by atoms with Gasteiger partial charge in [0.05, 0.1) is 23.2 Å². The van der Waals surface area contributed by atoms with E-state index in [1.807, 2.05) is 52.0 Å². The summed E-state index contributed by atoms with van der Waals surface area (Å²) in [6, 6.07) is 25.0. The van der Waals surface area contributed by atoms with Crippen LogP contribution in [0.2, 0.25) is 0 Å². The van der Waals surface area contributed by atoms with Crippen LogP contribution < -0.4 is 21.5 Å². The molecule has 4 rings (SSSR count). The van der Waals surface area contributed by atoms with Gasteiger partial charge in [-0.25, -0.2) is 9.97 Å². The molecule has 0 spiro atoms. The van der Waals surface area contributed by atoms with Crippen LogP contribution in [0, 0.1) is 0 Å². The van der Waals surface area contributed by atoms with Crippen LogP contribution in [0.25, 0.3) is 11.0 Å². The summed E-state index contributed by atoms with van der Waals surface area (Å²) in [6.07, 6.45) is -0.761. The molecular weight excluding hydrogens is 466 g/mol. The number of rotatable bonds is 8. The van der Waals surface area contributed by atoms with Crippen LogP contribution in [0.4, 0.5) is 0 Å². The van der Waals surface area contributed by atoms with Gasteiger partial charge in [0.1, 0.15) is 0 Å². The van der Waals surface area contributed by atoms with E-state index in [1.165, 1.54) is 0 Å². The first-order valence-corrected chi connectivity index (χ1v) is 14.4. The Morgan fingerprint density at radius 3 is 1.21 bits per heavy atom. The minimum atomic E-state index is -3.81. The number of fused-ring (bicyclic) bond motifs is 1. The molecule has 0 aliphatic heterocycles. The van der Waals surface area contributed by atoms with E-state index in [0.717, 1.165) is 0 Å². The number of nitrogens with zero attached hydrogens (tertiary/aromatic N) is 2. The maximum absolute atomic E-state index is 14.8. The summed E-state index contributed by atoms with van der Waals surface area (Å²) in [5.41, 5.74) is 1.18. The second kappa shape index (κ2) is 9.93. The van der Waals surface area contributed by atoms with Crippen molar-refractivity contribution in [2.75, 3.05) is 0 Å². The van der Waals surface area contributed by atoms with E-state index in [0.29, 0.717) is 21.6 Å². The third-order valence-corrected chi connectivity index (χ3v) is 10.3. The topological polar surface area (TPSA) is 78.4 Å². The molecule has 2 atom stereocenters. The average Bonchev–Trinajstić information content (AvgIpc) is 2.83. The second-order valence-electron chi connectivity index (χ2n) is 8.44. The summed E-state index contributed by atoms with van der Waals surface area (Å²) in [5.74, 6) is 0. The second-order valence-corrected chi connectivity index (χ2v) is 12.9. The number of benzene rings is 3. The number of para-hydroxylation sites is 2. The highest BCUT2D eigenvalue weighted by atomic mass is 31.2. The van der Waals surface area contributed by atoms with Gasteiger partial charge in [0, 0.05) is 10.6 Å². The predicted molar refractivity (Wildman–Crippen MR) is 139 cm³/mol. The fourth-order valence-corrected chi connectivity index (χ4v) is 8.83. The van der Waals surface area contributed by atoms with Crippen molar-refractivity contribution in [2.45, 2.75) is 39.9 Å². The molecule has 6 nitrogen and oxygen atoms in total. The van der Waals surface area contributed by atoms with E-state index < -0.39 is 14.7 Å². The van der Waals surface area contributed by atoms with Gasteiger partial charge in [-0.1, -0.05) is 48.5 Å². The Kier molecular flexibility index (Phi) is 7.16. The zero-order valence-corrected chi connectivity index (χ0v) is 21.4. The molecule has 0 aliphatic rings. The Balaban J connectivity index is 2.11. The first-order valence-electron chi connectivity index (χ1n) is 11.2.